The van der Waals surface area contributed by atoms with E-state index in [-0.39, 0.29) is 30.8 Å². The summed E-state index contributed by atoms with van der Waals surface area (Å²) >= 11 is 0. The van der Waals surface area contributed by atoms with E-state index in [0.717, 1.165) is 25.0 Å². The van der Waals surface area contributed by atoms with Gasteiger partial charge in [0, 0.05) is 5.92 Å². The molecule has 2 aliphatic rings. The number of fused-ring (bicyclic) bond motifs is 1. The van der Waals surface area contributed by atoms with Gasteiger partial charge in [-0.2, -0.15) is 0 Å². The van der Waals surface area contributed by atoms with Crippen molar-refractivity contribution in [3.05, 3.63) is 0 Å². The zero-order valence-corrected chi connectivity index (χ0v) is 15.6. The molecule has 0 aromatic carbocycles. The molecular formula is C20H31NO5. The summed E-state index contributed by atoms with van der Waals surface area (Å²) in [5, 5.41) is 32.9. The van der Waals surface area contributed by atoms with Crippen LogP contribution in [0.1, 0.15) is 64.7 Å². The Balaban J connectivity index is 1.73. The maximum absolute atomic E-state index is 10.4. The molecule has 0 aliphatic heterocycles. The molecular weight excluding hydrogens is 334 g/mol. The molecule has 6 heteroatoms. The fraction of sp³-hybridized carbons (Fsp3) is 0.800. The molecule has 0 heterocycles. The van der Waals surface area contributed by atoms with E-state index >= 15 is 0 Å². The summed E-state index contributed by atoms with van der Waals surface area (Å²) in [4.78, 5) is 15.5. The van der Waals surface area contributed by atoms with Crippen LogP contribution >= 0.6 is 0 Å². The standard InChI is InChI=1S/C20H31NO5/c1-2-3-4-5-6-7-14(22)8-9-15-16-12-18(17(16)13-19(15)23)21-26-11-10-20(24)25/h14-17,19,22-23H,2-7,10-13H2,1H3,(H,24,25). The Morgan fingerprint density at radius 2 is 2.12 bits per heavy atom. The van der Waals surface area contributed by atoms with E-state index in [2.05, 4.69) is 23.9 Å². The molecule has 146 valence electrons. The lowest BCUT2D eigenvalue weighted by Crippen LogP contribution is -2.36. The zero-order valence-electron chi connectivity index (χ0n) is 15.6. The van der Waals surface area contributed by atoms with Crippen molar-refractivity contribution in [2.75, 3.05) is 6.61 Å². The molecule has 0 spiro atoms. The number of aliphatic hydroxyl groups is 2. The molecule has 2 aliphatic carbocycles. The van der Waals surface area contributed by atoms with Gasteiger partial charge < -0.3 is 20.2 Å². The Kier molecular flexibility index (Phi) is 8.40. The summed E-state index contributed by atoms with van der Waals surface area (Å²) in [6.07, 6.45) is 6.61. The number of carboxylic acids is 1. The molecule has 0 aromatic heterocycles. The van der Waals surface area contributed by atoms with Gasteiger partial charge in [-0.3, -0.25) is 4.79 Å². The highest BCUT2D eigenvalue weighted by molar-refractivity contribution is 5.93. The van der Waals surface area contributed by atoms with Gasteiger partial charge in [-0.05, 0) is 31.6 Å². The number of hydrogen-bond donors (Lipinski definition) is 3. The van der Waals surface area contributed by atoms with Crippen LogP contribution in [0.3, 0.4) is 0 Å². The third-order valence-electron chi connectivity index (χ3n) is 5.35. The predicted octanol–water partition coefficient (Wildman–Crippen LogP) is 2.58. The number of unbranched alkanes of at least 4 members (excludes halogenated alkanes) is 4. The summed E-state index contributed by atoms with van der Waals surface area (Å²) in [6, 6.07) is 0. The average molecular weight is 365 g/mol. The van der Waals surface area contributed by atoms with Gasteiger partial charge in [0.15, 0.2) is 0 Å². The normalized spacial score (nSPS) is 29.4. The number of carbonyl (C=O) groups is 1. The highest BCUT2D eigenvalue weighted by Gasteiger charge is 2.51. The van der Waals surface area contributed by atoms with Crippen LogP contribution in [0.2, 0.25) is 0 Å². The smallest absolute Gasteiger partial charge is 0.306 e. The second kappa shape index (κ2) is 10.5. The van der Waals surface area contributed by atoms with E-state index in [9.17, 15) is 15.0 Å². The van der Waals surface area contributed by atoms with E-state index in [4.69, 9.17) is 9.94 Å². The van der Waals surface area contributed by atoms with Crippen molar-refractivity contribution >= 4 is 11.7 Å². The Morgan fingerprint density at radius 3 is 2.85 bits per heavy atom. The predicted molar refractivity (Wildman–Crippen MR) is 98.5 cm³/mol. The molecule has 5 atom stereocenters. The maximum Gasteiger partial charge on any atom is 0.306 e. The first-order valence-electron chi connectivity index (χ1n) is 9.80. The topological polar surface area (TPSA) is 99.4 Å². The molecule has 2 saturated carbocycles. The Labute approximate surface area is 155 Å². The van der Waals surface area contributed by atoms with Crippen molar-refractivity contribution < 1.29 is 25.0 Å². The molecule has 0 saturated heterocycles. The molecule has 5 unspecified atom stereocenters. The van der Waals surface area contributed by atoms with Gasteiger partial charge in [0.1, 0.15) is 12.7 Å². The van der Waals surface area contributed by atoms with Crippen LogP contribution in [0, 0.1) is 29.6 Å². The second-order valence-corrected chi connectivity index (χ2v) is 7.37. The van der Waals surface area contributed by atoms with Crippen molar-refractivity contribution in [3.8, 4) is 11.8 Å². The monoisotopic (exact) mass is 365 g/mol. The molecule has 6 nitrogen and oxygen atoms in total. The minimum absolute atomic E-state index is 0.0620. The van der Waals surface area contributed by atoms with E-state index in [1.54, 1.807) is 0 Å². The van der Waals surface area contributed by atoms with Gasteiger partial charge in [0.05, 0.1) is 24.2 Å². The molecule has 2 fully saturated rings. The van der Waals surface area contributed by atoms with Crippen LogP contribution in [-0.2, 0) is 9.63 Å². The zero-order chi connectivity index (χ0) is 18.9. The number of oxime groups is 1. The minimum atomic E-state index is -0.910. The molecule has 2 rings (SSSR count). The van der Waals surface area contributed by atoms with Crippen LogP contribution in [0.5, 0.6) is 0 Å². The summed E-state index contributed by atoms with van der Waals surface area (Å²) in [5.74, 6) is 5.41. The average Bonchev–Trinajstić information content (AvgIpc) is 2.83. The quantitative estimate of drug-likeness (QED) is 0.314. The third kappa shape index (κ3) is 6.00. The van der Waals surface area contributed by atoms with Gasteiger partial charge in [-0.1, -0.05) is 49.6 Å². The summed E-state index contributed by atoms with van der Waals surface area (Å²) in [7, 11) is 0. The lowest BCUT2D eigenvalue weighted by molar-refractivity contribution is -0.138. The Morgan fingerprint density at radius 1 is 1.35 bits per heavy atom. The van der Waals surface area contributed by atoms with Crippen molar-refractivity contribution in [1.82, 2.24) is 0 Å². The molecule has 3 N–H and O–H groups in total. The number of rotatable bonds is 10. The molecule has 0 amide bonds. The third-order valence-corrected chi connectivity index (χ3v) is 5.35. The van der Waals surface area contributed by atoms with Gasteiger partial charge in [-0.15, -0.1) is 0 Å². The van der Waals surface area contributed by atoms with Crippen molar-refractivity contribution in [2.24, 2.45) is 22.9 Å². The van der Waals surface area contributed by atoms with Crippen LogP contribution in [0.25, 0.3) is 0 Å². The minimum Gasteiger partial charge on any atom is -0.481 e. The van der Waals surface area contributed by atoms with Crippen molar-refractivity contribution in [2.45, 2.75) is 76.9 Å². The fourth-order valence-electron chi connectivity index (χ4n) is 3.78. The lowest BCUT2D eigenvalue weighted by atomic mass is 9.71. The van der Waals surface area contributed by atoms with E-state index in [1.807, 2.05) is 0 Å². The Bertz CT molecular complexity index is 550. The van der Waals surface area contributed by atoms with Crippen LogP contribution in [0.15, 0.2) is 5.16 Å². The van der Waals surface area contributed by atoms with Gasteiger partial charge in [-0.25, -0.2) is 0 Å². The van der Waals surface area contributed by atoms with Crippen molar-refractivity contribution in [1.29, 1.82) is 0 Å². The first kappa shape index (κ1) is 20.7. The summed E-state index contributed by atoms with van der Waals surface area (Å²) < 4.78 is 0. The first-order valence-corrected chi connectivity index (χ1v) is 9.80. The van der Waals surface area contributed by atoms with Gasteiger partial charge in [0.2, 0.25) is 0 Å². The second-order valence-electron chi connectivity index (χ2n) is 7.37. The van der Waals surface area contributed by atoms with Gasteiger partial charge in [0.25, 0.3) is 0 Å². The van der Waals surface area contributed by atoms with Crippen LogP contribution in [0.4, 0.5) is 0 Å². The summed E-state index contributed by atoms with van der Waals surface area (Å²) in [6.45, 7) is 2.24. The lowest BCUT2D eigenvalue weighted by Gasteiger charge is -2.33. The number of hydrogen-bond acceptors (Lipinski definition) is 5. The number of aliphatic carboxylic acids is 1. The first-order chi connectivity index (χ1) is 12.5. The molecule has 0 radical (unpaired) electrons. The SMILES string of the molecule is CCCCCCCC(O)C#CC1C(O)CC2C(=NOCCC(=O)O)CC21. The Hall–Kier alpha value is -1.58. The number of carboxylic acid groups (broad SMARTS) is 1. The maximum atomic E-state index is 10.4. The summed E-state index contributed by atoms with van der Waals surface area (Å²) in [5.41, 5.74) is 0.889. The largest absolute Gasteiger partial charge is 0.481 e. The van der Waals surface area contributed by atoms with E-state index in [1.165, 1.54) is 19.3 Å². The van der Waals surface area contributed by atoms with Crippen molar-refractivity contribution in [3.63, 3.8) is 0 Å². The molecule has 26 heavy (non-hydrogen) atoms. The van der Waals surface area contributed by atoms with E-state index < -0.39 is 18.2 Å². The molecule has 0 aromatic rings. The fourth-order valence-corrected chi connectivity index (χ4v) is 3.78. The molecule has 0 bridgehead atoms. The highest BCUT2D eigenvalue weighted by atomic mass is 16.6. The van der Waals surface area contributed by atoms with Crippen LogP contribution in [-0.4, -0.2) is 45.8 Å². The van der Waals surface area contributed by atoms with E-state index in [0.29, 0.717) is 12.8 Å². The van der Waals surface area contributed by atoms with Crippen LogP contribution < -0.4 is 0 Å². The highest BCUT2D eigenvalue weighted by Crippen LogP contribution is 2.48. The number of aliphatic hydroxyl groups excluding tert-OH is 2. The van der Waals surface area contributed by atoms with Gasteiger partial charge >= 0.3 is 5.97 Å². The number of nitrogens with zero attached hydrogens (tertiary/aromatic N) is 1.